The average Bonchev–Trinajstić information content (AvgIpc) is 2.33. The van der Waals surface area contributed by atoms with E-state index in [0.29, 0.717) is 19.1 Å². The van der Waals surface area contributed by atoms with Crippen molar-refractivity contribution in [2.45, 2.75) is 45.2 Å². The van der Waals surface area contributed by atoms with Crippen molar-refractivity contribution in [3.05, 3.63) is 35.9 Å². The van der Waals surface area contributed by atoms with Crippen molar-refractivity contribution in [1.29, 1.82) is 0 Å². The molecular weight excluding hydrogens is 242 g/mol. The molecule has 0 fully saturated rings. The number of nitrogens with zero attached hydrogens (tertiary/aromatic N) is 1. The minimum absolute atomic E-state index is 0.457. The molecule has 0 bridgehead atoms. The third kappa shape index (κ3) is 4.39. The Morgan fingerprint density at radius 1 is 1.32 bits per heavy atom. The van der Waals surface area contributed by atoms with Gasteiger partial charge in [0.15, 0.2) is 0 Å². The van der Waals surface area contributed by atoms with Crippen molar-refractivity contribution in [3.63, 3.8) is 0 Å². The van der Waals surface area contributed by atoms with Gasteiger partial charge in [-0.1, -0.05) is 30.3 Å². The van der Waals surface area contributed by atoms with Crippen LogP contribution in [0.15, 0.2) is 30.3 Å². The van der Waals surface area contributed by atoms with Crippen molar-refractivity contribution in [2.75, 3.05) is 0 Å². The SMILES string of the molecule is CC(C)(C)N(C(=O)[O-])[C@H](C=O)CCc1ccccc1. The van der Waals surface area contributed by atoms with Gasteiger partial charge in [0, 0.05) is 5.54 Å². The molecule has 1 aromatic carbocycles. The fraction of sp³-hybridized carbons (Fsp3) is 0.467. The minimum atomic E-state index is -1.31. The highest BCUT2D eigenvalue weighted by molar-refractivity contribution is 5.71. The van der Waals surface area contributed by atoms with E-state index in [0.717, 1.165) is 10.5 Å². The number of aldehydes is 1. The van der Waals surface area contributed by atoms with Gasteiger partial charge in [0.2, 0.25) is 0 Å². The quantitative estimate of drug-likeness (QED) is 0.758. The number of carboxylic acid groups (broad SMARTS) is 1. The van der Waals surface area contributed by atoms with Crippen LogP contribution in [0.1, 0.15) is 32.8 Å². The Morgan fingerprint density at radius 2 is 1.89 bits per heavy atom. The van der Waals surface area contributed by atoms with Crippen LogP contribution in [0.3, 0.4) is 0 Å². The molecule has 19 heavy (non-hydrogen) atoms. The Bertz CT molecular complexity index is 423. The molecule has 1 aromatic rings. The topological polar surface area (TPSA) is 60.4 Å². The van der Waals surface area contributed by atoms with E-state index in [4.69, 9.17) is 0 Å². The van der Waals surface area contributed by atoms with Crippen LogP contribution in [0.5, 0.6) is 0 Å². The van der Waals surface area contributed by atoms with Crippen LogP contribution in [-0.2, 0) is 11.2 Å². The summed E-state index contributed by atoms with van der Waals surface area (Å²) in [5.41, 5.74) is 0.433. The number of hydrogen-bond donors (Lipinski definition) is 0. The highest BCUT2D eigenvalue weighted by atomic mass is 16.4. The number of aryl methyl sites for hydroxylation is 1. The van der Waals surface area contributed by atoms with Crippen molar-refractivity contribution in [3.8, 4) is 0 Å². The van der Waals surface area contributed by atoms with E-state index in [9.17, 15) is 14.7 Å². The summed E-state index contributed by atoms with van der Waals surface area (Å²) >= 11 is 0. The standard InChI is InChI=1S/C15H21NO3/c1-15(2,3)16(14(18)19)13(11-17)10-9-12-7-5-4-6-8-12/h4-8,11,13H,9-10H2,1-3H3,(H,18,19)/p-1/t13-/m0/s1. The van der Waals surface area contributed by atoms with Crippen LogP contribution in [0.2, 0.25) is 0 Å². The molecule has 1 atom stereocenters. The second-order valence-corrected chi connectivity index (χ2v) is 5.53. The molecule has 0 heterocycles. The summed E-state index contributed by atoms with van der Waals surface area (Å²) in [6.45, 7) is 5.26. The van der Waals surface area contributed by atoms with Crippen molar-refractivity contribution < 1.29 is 14.7 Å². The molecule has 1 amide bonds. The van der Waals surface area contributed by atoms with Crippen molar-refractivity contribution in [2.24, 2.45) is 0 Å². The van der Waals surface area contributed by atoms with Crippen LogP contribution in [0, 0.1) is 0 Å². The Kier molecular flexibility index (Phi) is 5.10. The van der Waals surface area contributed by atoms with E-state index < -0.39 is 17.7 Å². The van der Waals surface area contributed by atoms with Crippen LogP contribution in [0.25, 0.3) is 0 Å². The molecule has 0 radical (unpaired) electrons. The maximum absolute atomic E-state index is 11.2. The largest absolute Gasteiger partial charge is 0.530 e. The Morgan fingerprint density at radius 3 is 2.32 bits per heavy atom. The maximum atomic E-state index is 11.2. The zero-order valence-corrected chi connectivity index (χ0v) is 11.6. The van der Waals surface area contributed by atoms with E-state index in [1.807, 2.05) is 30.3 Å². The number of hydrogen-bond acceptors (Lipinski definition) is 3. The molecule has 0 unspecified atom stereocenters. The first kappa shape index (κ1) is 15.2. The zero-order valence-electron chi connectivity index (χ0n) is 11.6. The second-order valence-electron chi connectivity index (χ2n) is 5.53. The van der Waals surface area contributed by atoms with Gasteiger partial charge in [-0.3, -0.25) is 0 Å². The van der Waals surface area contributed by atoms with Crippen molar-refractivity contribution in [1.82, 2.24) is 4.90 Å². The summed E-state index contributed by atoms with van der Waals surface area (Å²) in [5.74, 6) is 0. The third-order valence-corrected chi connectivity index (χ3v) is 2.98. The van der Waals surface area contributed by atoms with Gasteiger partial charge in [-0.15, -0.1) is 0 Å². The lowest BCUT2D eigenvalue weighted by Gasteiger charge is -2.41. The van der Waals surface area contributed by atoms with E-state index in [1.165, 1.54) is 0 Å². The number of carbonyl (C=O) groups excluding carboxylic acids is 2. The highest BCUT2D eigenvalue weighted by Crippen LogP contribution is 2.19. The lowest BCUT2D eigenvalue weighted by molar-refractivity contribution is -0.272. The number of benzene rings is 1. The molecule has 0 aromatic heterocycles. The van der Waals surface area contributed by atoms with E-state index in [1.54, 1.807) is 20.8 Å². The zero-order chi connectivity index (χ0) is 14.5. The van der Waals surface area contributed by atoms with Crippen LogP contribution >= 0.6 is 0 Å². The Labute approximate surface area is 114 Å². The smallest absolute Gasteiger partial charge is 0.142 e. The summed E-state index contributed by atoms with van der Waals surface area (Å²) in [6, 6.07) is 9.01. The molecule has 0 saturated heterocycles. The molecule has 0 aliphatic carbocycles. The summed E-state index contributed by atoms with van der Waals surface area (Å²) in [5, 5.41) is 11.2. The summed E-state index contributed by atoms with van der Waals surface area (Å²) in [4.78, 5) is 23.5. The number of amides is 1. The van der Waals surface area contributed by atoms with Crippen LogP contribution < -0.4 is 5.11 Å². The fourth-order valence-corrected chi connectivity index (χ4v) is 2.12. The van der Waals surface area contributed by atoms with Gasteiger partial charge in [0.1, 0.15) is 12.4 Å². The molecule has 1 rings (SSSR count). The molecular formula is C15H20NO3-. The van der Waals surface area contributed by atoms with Gasteiger partial charge >= 0.3 is 0 Å². The first-order valence-electron chi connectivity index (χ1n) is 6.36. The van der Waals surface area contributed by atoms with Gasteiger partial charge in [0.05, 0.1) is 6.04 Å². The monoisotopic (exact) mass is 262 g/mol. The normalized spacial score (nSPS) is 12.8. The molecule has 0 aliphatic heterocycles. The fourth-order valence-electron chi connectivity index (χ4n) is 2.12. The molecule has 4 heteroatoms. The molecule has 0 saturated carbocycles. The van der Waals surface area contributed by atoms with E-state index >= 15 is 0 Å². The van der Waals surface area contributed by atoms with E-state index in [2.05, 4.69) is 0 Å². The predicted molar refractivity (Wildman–Crippen MR) is 71.6 cm³/mol. The number of carbonyl (C=O) groups is 2. The van der Waals surface area contributed by atoms with Crippen molar-refractivity contribution >= 4 is 12.4 Å². The molecule has 0 spiro atoms. The van der Waals surface area contributed by atoms with Gasteiger partial charge < -0.3 is 19.6 Å². The van der Waals surface area contributed by atoms with Crippen LogP contribution in [0.4, 0.5) is 4.79 Å². The maximum Gasteiger partial charge on any atom is 0.142 e. The molecule has 0 N–H and O–H groups in total. The van der Waals surface area contributed by atoms with Crippen LogP contribution in [-0.4, -0.2) is 28.9 Å². The molecule has 104 valence electrons. The first-order chi connectivity index (χ1) is 8.86. The van der Waals surface area contributed by atoms with Gasteiger partial charge in [0.25, 0.3) is 0 Å². The summed E-state index contributed by atoms with van der Waals surface area (Å²) < 4.78 is 0. The Balaban J connectivity index is 2.76. The van der Waals surface area contributed by atoms with Gasteiger partial charge in [-0.25, -0.2) is 0 Å². The molecule has 0 aliphatic rings. The van der Waals surface area contributed by atoms with Gasteiger partial charge in [-0.05, 0) is 39.2 Å². The highest BCUT2D eigenvalue weighted by Gasteiger charge is 2.28. The lowest BCUT2D eigenvalue weighted by atomic mass is 9.99. The summed E-state index contributed by atoms with van der Waals surface area (Å²) in [6.07, 6.45) is 0.491. The minimum Gasteiger partial charge on any atom is -0.530 e. The van der Waals surface area contributed by atoms with E-state index in [-0.39, 0.29) is 0 Å². The summed E-state index contributed by atoms with van der Waals surface area (Å²) in [7, 11) is 0. The predicted octanol–water partition coefficient (Wildman–Crippen LogP) is 1.63. The Hall–Kier alpha value is -1.84. The first-order valence-corrected chi connectivity index (χ1v) is 6.36. The van der Waals surface area contributed by atoms with Gasteiger partial charge in [-0.2, -0.15) is 0 Å². The average molecular weight is 262 g/mol. The second kappa shape index (κ2) is 6.36. The lowest BCUT2D eigenvalue weighted by Crippen LogP contribution is -2.57. The molecule has 4 nitrogen and oxygen atoms in total. The third-order valence-electron chi connectivity index (χ3n) is 2.98. The number of rotatable bonds is 5.